The number of carbonyl (C=O) groups is 1. The number of thiophene rings is 1. The first-order chi connectivity index (χ1) is 15.5. The van der Waals surface area contributed by atoms with E-state index in [1.165, 1.54) is 11.3 Å². The van der Waals surface area contributed by atoms with Gasteiger partial charge in [0.2, 0.25) is 5.91 Å². The van der Waals surface area contributed by atoms with Crippen molar-refractivity contribution < 1.29 is 15.0 Å². The maximum atomic E-state index is 13.4. The van der Waals surface area contributed by atoms with Crippen LogP contribution < -0.4 is 10.6 Å². The Labute approximate surface area is 212 Å². The summed E-state index contributed by atoms with van der Waals surface area (Å²) in [6, 6.07) is 10.9. The van der Waals surface area contributed by atoms with Crippen molar-refractivity contribution >= 4 is 44.8 Å². The lowest BCUT2D eigenvalue weighted by molar-refractivity contribution is -0.123. The zero-order chi connectivity index (χ0) is 24.4. The van der Waals surface area contributed by atoms with Crippen molar-refractivity contribution in [2.45, 2.75) is 56.7 Å². The molecule has 3 rings (SSSR count). The van der Waals surface area contributed by atoms with Crippen LogP contribution in [0, 0.1) is 16.7 Å². The zero-order valence-corrected chi connectivity index (χ0v) is 22.0. The molecule has 1 aliphatic heterocycles. The minimum atomic E-state index is -1.02. The van der Waals surface area contributed by atoms with Crippen LogP contribution >= 0.6 is 38.9 Å². The number of nitrogens with zero attached hydrogens (tertiary/aromatic N) is 1. The third-order valence-electron chi connectivity index (χ3n) is 6.13. The Hall–Kier alpha value is -1.47. The van der Waals surface area contributed by atoms with Crippen molar-refractivity contribution in [1.82, 2.24) is 10.6 Å². The van der Waals surface area contributed by atoms with Crippen LogP contribution in [0.3, 0.4) is 0 Å². The summed E-state index contributed by atoms with van der Waals surface area (Å²) < 4.78 is 0.889. The summed E-state index contributed by atoms with van der Waals surface area (Å²) in [5, 5.41) is 38.3. The third kappa shape index (κ3) is 5.29. The summed E-state index contributed by atoms with van der Waals surface area (Å²) in [5.41, 5.74) is -0.555. The predicted octanol–water partition coefficient (Wildman–Crippen LogP) is 3.96. The van der Waals surface area contributed by atoms with Crippen LogP contribution in [0.15, 0.2) is 40.2 Å². The Balaban J connectivity index is 2.13. The van der Waals surface area contributed by atoms with Crippen molar-refractivity contribution in [3.8, 4) is 6.07 Å². The average Bonchev–Trinajstić information content (AvgIpc) is 3.35. The topological polar surface area (TPSA) is 105 Å². The predicted molar refractivity (Wildman–Crippen MR) is 134 cm³/mol. The van der Waals surface area contributed by atoms with Gasteiger partial charge in [-0.25, -0.2) is 0 Å². The molecule has 1 aromatic heterocycles. The van der Waals surface area contributed by atoms with E-state index in [2.05, 4.69) is 53.4 Å². The number of hydrogen-bond acceptors (Lipinski definition) is 6. The van der Waals surface area contributed by atoms with Gasteiger partial charge in [0, 0.05) is 38.3 Å². The molecule has 1 saturated heterocycles. The lowest BCUT2D eigenvalue weighted by Gasteiger charge is -2.39. The number of aliphatic hydroxyl groups excluding tert-OH is 2. The fourth-order valence-electron chi connectivity index (χ4n) is 4.74. The minimum absolute atomic E-state index is 0.214. The molecule has 6 nitrogen and oxygen atoms in total. The molecular formula is C24H29BrClN3O3S. The minimum Gasteiger partial charge on any atom is -0.394 e. The molecule has 0 unspecified atom stereocenters. The number of carbonyl (C=O) groups excluding carboxylic acids is 1. The molecule has 178 valence electrons. The monoisotopic (exact) mass is 553 g/mol. The van der Waals surface area contributed by atoms with E-state index in [-0.39, 0.29) is 36.9 Å². The maximum Gasteiger partial charge on any atom is 0.237 e. The molecule has 0 spiro atoms. The van der Waals surface area contributed by atoms with Gasteiger partial charge < -0.3 is 15.5 Å². The molecule has 0 saturated carbocycles. The molecule has 4 N–H and O–H groups in total. The summed E-state index contributed by atoms with van der Waals surface area (Å²) in [7, 11) is 0. The summed E-state index contributed by atoms with van der Waals surface area (Å²) >= 11 is 11.4. The smallest absolute Gasteiger partial charge is 0.237 e. The molecule has 1 amide bonds. The summed E-state index contributed by atoms with van der Waals surface area (Å²) in [6.45, 7) is 6.04. The van der Waals surface area contributed by atoms with E-state index in [9.17, 15) is 15.2 Å². The van der Waals surface area contributed by atoms with Crippen LogP contribution in [-0.4, -0.2) is 47.5 Å². The van der Waals surface area contributed by atoms with Crippen LogP contribution in [0.5, 0.6) is 0 Å². The highest BCUT2D eigenvalue weighted by atomic mass is 79.9. The van der Waals surface area contributed by atoms with Crippen molar-refractivity contribution in [2.75, 3.05) is 13.2 Å². The van der Waals surface area contributed by atoms with Gasteiger partial charge in [-0.3, -0.25) is 10.1 Å². The lowest BCUT2D eigenvalue weighted by Crippen LogP contribution is -2.50. The molecule has 1 aromatic carbocycles. The van der Waals surface area contributed by atoms with E-state index >= 15 is 0 Å². The van der Waals surface area contributed by atoms with E-state index in [4.69, 9.17) is 16.7 Å². The standard InChI is InChI=1S/C24H29BrClN3O3S/c1-23(2,3)22-24(13-27,18-10-15(25)12-33-18)19(14-5-4-6-16(26)9-14)20(29-22)21(32)28-8-7-17(31)11-30/h4-6,9-10,12,17,19-20,22,29-31H,7-8,11H2,1-3H3,(H,28,32)/t17-,19-,20+,22-,24+/m0/s1. The van der Waals surface area contributed by atoms with Gasteiger partial charge in [0.15, 0.2) is 0 Å². The molecule has 0 bridgehead atoms. The highest BCUT2D eigenvalue weighted by Gasteiger charge is 2.62. The fourth-order valence-corrected chi connectivity index (χ4v) is 6.59. The van der Waals surface area contributed by atoms with Gasteiger partial charge in [-0.15, -0.1) is 11.3 Å². The second-order valence-corrected chi connectivity index (χ2v) is 11.8. The number of halogens is 2. The second kappa shape index (κ2) is 10.4. The normalized spacial score (nSPS) is 26.1. The number of rotatable bonds is 7. The molecule has 5 atom stereocenters. The number of nitrogens with one attached hydrogen (secondary N) is 2. The third-order valence-corrected chi connectivity index (χ3v) is 8.21. The van der Waals surface area contributed by atoms with Crippen molar-refractivity contribution in [3.63, 3.8) is 0 Å². The molecule has 33 heavy (non-hydrogen) atoms. The van der Waals surface area contributed by atoms with Gasteiger partial charge in [-0.05, 0) is 51.5 Å². The SMILES string of the molecule is CC(C)(C)[C@@H]1N[C@@H](C(=O)NCC[C@H](O)CO)[C@H](c2cccc(Cl)c2)[C@@]1(C#N)c1cc(Br)cs1. The van der Waals surface area contributed by atoms with Gasteiger partial charge in [-0.2, -0.15) is 5.26 Å². The van der Waals surface area contributed by atoms with Crippen molar-refractivity contribution in [2.24, 2.45) is 5.41 Å². The first-order valence-corrected chi connectivity index (χ1v) is 12.8. The van der Waals surface area contributed by atoms with Gasteiger partial charge in [0.1, 0.15) is 5.41 Å². The van der Waals surface area contributed by atoms with Crippen LogP contribution in [0.2, 0.25) is 5.02 Å². The maximum absolute atomic E-state index is 13.4. The highest BCUT2D eigenvalue weighted by molar-refractivity contribution is 9.10. The number of hydrogen-bond donors (Lipinski definition) is 4. The first-order valence-electron chi connectivity index (χ1n) is 10.8. The van der Waals surface area contributed by atoms with E-state index in [0.29, 0.717) is 5.02 Å². The lowest BCUT2D eigenvalue weighted by atomic mass is 9.62. The van der Waals surface area contributed by atoms with Crippen LogP contribution in [-0.2, 0) is 10.2 Å². The summed E-state index contributed by atoms with van der Waals surface area (Å²) in [6.07, 6.45) is -0.657. The van der Waals surface area contributed by atoms with Gasteiger partial charge in [-0.1, -0.05) is 44.5 Å². The molecule has 2 heterocycles. The molecule has 1 aliphatic rings. The van der Waals surface area contributed by atoms with Crippen LogP contribution in [0.4, 0.5) is 0 Å². The number of aliphatic hydroxyl groups is 2. The van der Waals surface area contributed by atoms with Crippen LogP contribution in [0.1, 0.15) is 43.6 Å². The Kier molecular flexibility index (Phi) is 8.26. The number of benzene rings is 1. The summed E-state index contributed by atoms with van der Waals surface area (Å²) in [5.74, 6) is -0.758. The Morgan fingerprint density at radius 1 is 1.42 bits per heavy atom. The Morgan fingerprint density at radius 3 is 2.70 bits per heavy atom. The van der Waals surface area contributed by atoms with E-state index in [0.717, 1.165) is 14.9 Å². The molecule has 0 aliphatic carbocycles. The molecule has 2 aromatic rings. The van der Waals surface area contributed by atoms with E-state index in [1.54, 1.807) is 6.07 Å². The van der Waals surface area contributed by atoms with Gasteiger partial charge in [0.25, 0.3) is 0 Å². The molecule has 1 fully saturated rings. The fraction of sp³-hybridized carbons (Fsp3) is 0.500. The molecule has 9 heteroatoms. The quantitative estimate of drug-likeness (QED) is 0.415. The highest BCUT2D eigenvalue weighted by Crippen LogP contribution is 2.54. The Bertz CT molecular complexity index is 1030. The first kappa shape index (κ1) is 26.1. The van der Waals surface area contributed by atoms with Crippen LogP contribution in [0.25, 0.3) is 0 Å². The average molecular weight is 555 g/mol. The summed E-state index contributed by atoms with van der Waals surface area (Å²) in [4.78, 5) is 14.3. The Morgan fingerprint density at radius 2 is 2.15 bits per heavy atom. The zero-order valence-electron chi connectivity index (χ0n) is 18.8. The number of nitriles is 1. The molecule has 0 radical (unpaired) electrons. The molecular weight excluding hydrogens is 526 g/mol. The van der Waals surface area contributed by atoms with Crippen molar-refractivity contribution in [1.29, 1.82) is 5.26 Å². The van der Waals surface area contributed by atoms with Gasteiger partial charge in [0.05, 0.1) is 24.8 Å². The van der Waals surface area contributed by atoms with E-state index in [1.807, 2.05) is 29.6 Å². The number of amides is 1. The van der Waals surface area contributed by atoms with Gasteiger partial charge >= 0.3 is 0 Å². The largest absolute Gasteiger partial charge is 0.394 e. The van der Waals surface area contributed by atoms with Crippen molar-refractivity contribution in [3.05, 3.63) is 55.6 Å². The van der Waals surface area contributed by atoms with E-state index < -0.39 is 23.5 Å². The second-order valence-electron chi connectivity index (χ2n) is 9.50.